The van der Waals surface area contributed by atoms with Crippen LogP contribution in [0, 0.1) is 12.7 Å². The summed E-state index contributed by atoms with van der Waals surface area (Å²) in [5.41, 5.74) is 0.515. The highest BCUT2D eigenvalue weighted by Gasteiger charge is 2.39. The van der Waals surface area contributed by atoms with Crippen molar-refractivity contribution < 1.29 is 18.7 Å². The highest BCUT2D eigenvalue weighted by Crippen LogP contribution is 2.25. The van der Waals surface area contributed by atoms with Crippen LogP contribution in [0.2, 0.25) is 0 Å². The Morgan fingerprint density at radius 1 is 1.28 bits per heavy atom. The van der Waals surface area contributed by atoms with E-state index in [1.165, 1.54) is 29.9 Å². The van der Waals surface area contributed by atoms with Crippen LogP contribution < -0.4 is 16.2 Å². The van der Waals surface area contributed by atoms with E-state index in [4.69, 9.17) is 4.74 Å². The Morgan fingerprint density at radius 2 is 2.03 bits per heavy atom. The van der Waals surface area contributed by atoms with Crippen molar-refractivity contribution in [1.29, 1.82) is 0 Å². The maximum absolute atomic E-state index is 14.2. The molecule has 0 aliphatic heterocycles. The lowest BCUT2D eigenvalue weighted by Crippen LogP contribution is -2.35. The summed E-state index contributed by atoms with van der Waals surface area (Å²) in [5.74, 6) is -1.49. The van der Waals surface area contributed by atoms with Gasteiger partial charge in [-0.3, -0.25) is 14.4 Å². The summed E-state index contributed by atoms with van der Waals surface area (Å²) >= 11 is 0. The van der Waals surface area contributed by atoms with E-state index in [0.29, 0.717) is 12.2 Å². The van der Waals surface area contributed by atoms with Gasteiger partial charge in [-0.25, -0.2) is 4.39 Å². The minimum absolute atomic E-state index is 0.0188. The Bertz CT molecular complexity index is 1000. The van der Waals surface area contributed by atoms with Gasteiger partial charge in [0.1, 0.15) is 11.4 Å². The molecule has 0 saturated heterocycles. The number of hydrogen-bond acceptors (Lipinski definition) is 4. The van der Waals surface area contributed by atoms with E-state index in [-0.39, 0.29) is 29.8 Å². The molecule has 1 aromatic carbocycles. The summed E-state index contributed by atoms with van der Waals surface area (Å²) in [6.07, 6.45) is 2.05. The van der Waals surface area contributed by atoms with Gasteiger partial charge < -0.3 is 19.9 Å². The van der Waals surface area contributed by atoms with E-state index >= 15 is 0 Å². The molecule has 8 heteroatoms. The standard InChI is InChI=1S/C21H24FN3O4/c1-4-29-18-9-17(18)24-19(26)14-8-15(20(27)23-3)21(28)25(11-14)10-13-7-12(2)5-6-16(13)22/h5-8,11,17-18H,4,9-10H2,1-3H3,(H,23,27)(H,24,26)/t17-,18-/m0/s1. The molecular formula is C21H24FN3O4. The third-order valence-electron chi connectivity index (χ3n) is 4.79. The van der Waals surface area contributed by atoms with Gasteiger partial charge in [-0.1, -0.05) is 17.7 Å². The van der Waals surface area contributed by atoms with Crippen LogP contribution in [0.3, 0.4) is 0 Å². The summed E-state index contributed by atoms with van der Waals surface area (Å²) in [7, 11) is 1.40. The molecule has 1 heterocycles. The topological polar surface area (TPSA) is 89.4 Å². The van der Waals surface area contributed by atoms with E-state index in [1.807, 2.05) is 13.8 Å². The van der Waals surface area contributed by atoms with Gasteiger partial charge >= 0.3 is 0 Å². The summed E-state index contributed by atoms with van der Waals surface area (Å²) in [6.45, 7) is 4.16. The van der Waals surface area contributed by atoms with Crippen molar-refractivity contribution in [2.75, 3.05) is 13.7 Å². The fraction of sp³-hybridized carbons (Fsp3) is 0.381. The van der Waals surface area contributed by atoms with Crippen LogP contribution in [0.5, 0.6) is 0 Å². The fourth-order valence-corrected chi connectivity index (χ4v) is 3.16. The Hall–Kier alpha value is -3.00. The number of carbonyl (C=O) groups is 2. The summed E-state index contributed by atoms with van der Waals surface area (Å²) < 4.78 is 20.8. The van der Waals surface area contributed by atoms with E-state index in [0.717, 1.165) is 12.0 Å². The number of halogens is 1. The molecule has 29 heavy (non-hydrogen) atoms. The molecule has 2 N–H and O–H groups in total. The van der Waals surface area contributed by atoms with Gasteiger partial charge in [0.05, 0.1) is 24.3 Å². The van der Waals surface area contributed by atoms with Crippen molar-refractivity contribution in [1.82, 2.24) is 15.2 Å². The van der Waals surface area contributed by atoms with E-state index < -0.39 is 23.2 Å². The van der Waals surface area contributed by atoms with Gasteiger partial charge in [-0.05, 0) is 32.4 Å². The number of aryl methyl sites for hydroxylation is 1. The maximum Gasteiger partial charge on any atom is 0.263 e. The number of amides is 2. The second kappa shape index (κ2) is 8.57. The van der Waals surface area contributed by atoms with Crippen LogP contribution in [-0.4, -0.2) is 42.2 Å². The summed E-state index contributed by atoms with van der Waals surface area (Å²) in [4.78, 5) is 37.6. The number of nitrogens with one attached hydrogen (secondary N) is 2. The highest BCUT2D eigenvalue weighted by molar-refractivity contribution is 5.99. The lowest BCUT2D eigenvalue weighted by Gasteiger charge is -2.13. The van der Waals surface area contributed by atoms with E-state index in [9.17, 15) is 18.8 Å². The molecule has 1 aromatic heterocycles. The second-order valence-electron chi connectivity index (χ2n) is 7.06. The molecule has 154 valence electrons. The Labute approximate surface area is 167 Å². The number of aromatic nitrogens is 1. The molecule has 7 nitrogen and oxygen atoms in total. The zero-order chi connectivity index (χ0) is 21.1. The van der Waals surface area contributed by atoms with Gasteiger partial charge in [0.2, 0.25) is 0 Å². The Morgan fingerprint density at radius 3 is 2.72 bits per heavy atom. The third kappa shape index (κ3) is 4.71. The predicted molar refractivity (Wildman–Crippen MR) is 106 cm³/mol. The molecular weight excluding hydrogens is 377 g/mol. The summed E-state index contributed by atoms with van der Waals surface area (Å²) in [5, 5.41) is 5.23. The number of hydrogen-bond donors (Lipinski definition) is 2. The molecule has 2 aromatic rings. The lowest BCUT2D eigenvalue weighted by atomic mass is 10.1. The van der Waals surface area contributed by atoms with Gasteiger partial charge in [0.25, 0.3) is 17.4 Å². The number of rotatable bonds is 7. The third-order valence-corrected chi connectivity index (χ3v) is 4.79. The number of ether oxygens (including phenoxy) is 1. The van der Waals surface area contributed by atoms with Crippen LogP contribution >= 0.6 is 0 Å². The fourth-order valence-electron chi connectivity index (χ4n) is 3.16. The van der Waals surface area contributed by atoms with Crippen molar-refractivity contribution in [2.45, 2.75) is 39.0 Å². The molecule has 1 fully saturated rings. The molecule has 0 bridgehead atoms. The van der Waals surface area contributed by atoms with Gasteiger partial charge in [-0.2, -0.15) is 0 Å². The SMILES string of the molecule is CCO[C@H]1C[C@@H]1NC(=O)c1cc(C(=O)NC)c(=O)n(Cc2cc(C)ccc2F)c1. The molecule has 3 rings (SSSR count). The zero-order valence-electron chi connectivity index (χ0n) is 16.6. The molecule has 1 aliphatic rings. The van der Waals surface area contributed by atoms with Crippen molar-refractivity contribution in [2.24, 2.45) is 0 Å². The van der Waals surface area contributed by atoms with E-state index in [2.05, 4.69) is 10.6 Å². The smallest absolute Gasteiger partial charge is 0.263 e. The van der Waals surface area contributed by atoms with Crippen LogP contribution in [0.1, 0.15) is 45.2 Å². The van der Waals surface area contributed by atoms with Crippen LogP contribution in [-0.2, 0) is 11.3 Å². The van der Waals surface area contributed by atoms with Crippen molar-refractivity contribution >= 4 is 11.8 Å². The largest absolute Gasteiger partial charge is 0.376 e. The zero-order valence-corrected chi connectivity index (χ0v) is 16.6. The van der Waals surface area contributed by atoms with E-state index in [1.54, 1.807) is 12.1 Å². The van der Waals surface area contributed by atoms with Crippen LogP contribution in [0.4, 0.5) is 4.39 Å². The van der Waals surface area contributed by atoms with Crippen molar-refractivity contribution in [3.8, 4) is 0 Å². The monoisotopic (exact) mass is 401 g/mol. The molecule has 0 radical (unpaired) electrons. The first kappa shape index (κ1) is 20.7. The number of benzene rings is 1. The number of carbonyl (C=O) groups excluding carboxylic acids is 2. The normalized spacial score (nSPS) is 17.7. The molecule has 1 aliphatic carbocycles. The molecule has 0 spiro atoms. The molecule has 1 saturated carbocycles. The maximum atomic E-state index is 14.2. The first-order valence-electron chi connectivity index (χ1n) is 9.48. The lowest BCUT2D eigenvalue weighted by molar-refractivity contribution is 0.0914. The quantitative estimate of drug-likeness (QED) is 0.738. The summed E-state index contributed by atoms with van der Waals surface area (Å²) in [6, 6.07) is 5.75. The first-order chi connectivity index (χ1) is 13.8. The van der Waals surface area contributed by atoms with Gasteiger partial charge in [0.15, 0.2) is 0 Å². The predicted octanol–water partition coefficient (Wildman–Crippen LogP) is 1.61. The number of pyridine rings is 1. The average Bonchev–Trinajstić information content (AvgIpc) is 3.43. The molecule has 2 atom stereocenters. The molecule has 2 amide bonds. The Kier molecular flexibility index (Phi) is 6.12. The minimum atomic E-state index is -0.610. The average molecular weight is 401 g/mol. The van der Waals surface area contributed by atoms with Crippen molar-refractivity contribution in [3.05, 3.63) is 68.9 Å². The Balaban J connectivity index is 1.94. The number of nitrogens with zero attached hydrogens (tertiary/aromatic N) is 1. The molecule has 0 unspecified atom stereocenters. The van der Waals surface area contributed by atoms with Gasteiger partial charge in [-0.15, -0.1) is 0 Å². The van der Waals surface area contributed by atoms with Crippen LogP contribution in [0.25, 0.3) is 0 Å². The van der Waals surface area contributed by atoms with Crippen molar-refractivity contribution in [3.63, 3.8) is 0 Å². The van der Waals surface area contributed by atoms with Crippen LogP contribution in [0.15, 0.2) is 35.3 Å². The highest BCUT2D eigenvalue weighted by atomic mass is 19.1. The minimum Gasteiger partial charge on any atom is -0.376 e. The van der Waals surface area contributed by atoms with Gasteiger partial charge in [0, 0.05) is 25.4 Å². The first-order valence-corrected chi connectivity index (χ1v) is 9.48. The second-order valence-corrected chi connectivity index (χ2v) is 7.06.